The van der Waals surface area contributed by atoms with E-state index < -0.39 is 6.29 Å². The standard InChI is InChI=1S/C20H23N5O2/c1-14(12-24(27)13-15-6-3-2-4-7-15)17-8-5-11-25-18(17)21-20(23-25)22-19(26)16-9-10-16/h2-8,11-12,16,20,23,27H,9-10,13H2,1H3,(H,22,26)/b14-12+. The molecule has 7 heteroatoms. The molecule has 1 aromatic rings. The maximum Gasteiger partial charge on any atom is 0.225 e. The first kappa shape index (κ1) is 17.5. The molecule has 1 saturated carbocycles. The molecule has 1 amide bonds. The van der Waals surface area contributed by atoms with Crippen molar-refractivity contribution in [2.45, 2.75) is 32.6 Å². The average Bonchev–Trinajstić information content (AvgIpc) is 3.42. The lowest BCUT2D eigenvalue weighted by Crippen LogP contribution is -2.46. The zero-order valence-electron chi connectivity index (χ0n) is 15.2. The van der Waals surface area contributed by atoms with Crippen LogP contribution in [0, 0.1) is 5.92 Å². The second kappa shape index (κ2) is 7.38. The van der Waals surface area contributed by atoms with Gasteiger partial charge in [-0.3, -0.25) is 20.1 Å². The highest BCUT2D eigenvalue weighted by Crippen LogP contribution is 2.29. The third kappa shape index (κ3) is 4.10. The molecule has 1 aliphatic carbocycles. The third-order valence-electron chi connectivity index (χ3n) is 4.66. The van der Waals surface area contributed by atoms with Crippen molar-refractivity contribution in [3.63, 3.8) is 0 Å². The van der Waals surface area contributed by atoms with E-state index >= 15 is 0 Å². The second-order valence-electron chi connectivity index (χ2n) is 6.95. The first-order valence-corrected chi connectivity index (χ1v) is 9.11. The molecule has 1 atom stereocenters. The summed E-state index contributed by atoms with van der Waals surface area (Å²) in [7, 11) is 0. The average molecular weight is 365 g/mol. The highest BCUT2D eigenvalue weighted by molar-refractivity contribution is 6.04. The number of aliphatic imine (C=N–C) groups is 1. The number of amidine groups is 1. The smallest absolute Gasteiger partial charge is 0.225 e. The fraction of sp³-hybridized carbons (Fsp3) is 0.300. The van der Waals surface area contributed by atoms with Gasteiger partial charge in [-0.15, -0.1) is 0 Å². The van der Waals surface area contributed by atoms with Gasteiger partial charge in [0.05, 0.1) is 6.54 Å². The minimum atomic E-state index is -0.471. The summed E-state index contributed by atoms with van der Waals surface area (Å²) in [6.07, 6.45) is 8.85. The number of amides is 1. The summed E-state index contributed by atoms with van der Waals surface area (Å²) in [5.74, 6) is 0.904. The number of hydrogen-bond donors (Lipinski definition) is 3. The zero-order chi connectivity index (χ0) is 18.8. The number of carbonyl (C=O) groups excluding carboxylic acids is 1. The van der Waals surface area contributed by atoms with Crippen molar-refractivity contribution in [3.8, 4) is 0 Å². The van der Waals surface area contributed by atoms with Gasteiger partial charge in [-0.25, -0.2) is 4.99 Å². The maximum absolute atomic E-state index is 12.0. The van der Waals surface area contributed by atoms with Crippen LogP contribution in [0.4, 0.5) is 0 Å². The van der Waals surface area contributed by atoms with E-state index in [4.69, 9.17) is 0 Å². The number of rotatable bonds is 6. The number of fused-ring (bicyclic) bond motifs is 1. The van der Waals surface area contributed by atoms with Crippen LogP contribution >= 0.6 is 0 Å². The monoisotopic (exact) mass is 365 g/mol. The molecule has 3 N–H and O–H groups in total. The van der Waals surface area contributed by atoms with Gasteiger partial charge in [0.1, 0.15) is 0 Å². The Kier molecular flexibility index (Phi) is 4.79. The Morgan fingerprint density at radius 1 is 1.41 bits per heavy atom. The lowest BCUT2D eigenvalue weighted by Gasteiger charge is -2.22. The number of hydrogen-bond acceptors (Lipinski definition) is 6. The van der Waals surface area contributed by atoms with Gasteiger partial charge >= 0.3 is 0 Å². The Morgan fingerprint density at radius 2 is 2.19 bits per heavy atom. The topological polar surface area (TPSA) is 80.2 Å². The maximum atomic E-state index is 12.0. The minimum absolute atomic E-state index is 0.0443. The van der Waals surface area contributed by atoms with Crippen molar-refractivity contribution >= 4 is 11.7 Å². The first-order chi connectivity index (χ1) is 13.1. The number of hydroxylamine groups is 2. The predicted octanol–water partition coefficient (Wildman–Crippen LogP) is 2.26. The number of nitrogens with one attached hydrogen (secondary N) is 2. The summed E-state index contributed by atoms with van der Waals surface area (Å²) in [6, 6.07) is 9.77. The second-order valence-corrected chi connectivity index (χ2v) is 6.95. The Balaban J connectivity index is 1.45. The summed E-state index contributed by atoms with van der Waals surface area (Å²) in [4.78, 5) is 16.6. The highest BCUT2D eigenvalue weighted by atomic mass is 16.5. The Labute approximate surface area is 158 Å². The van der Waals surface area contributed by atoms with Crippen LogP contribution in [0.15, 0.2) is 71.0 Å². The molecular formula is C20H23N5O2. The SMILES string of the molecule is C/C(=C\N(O)Cc1ccccc1)C1=CC=CN2NC(NC(=O)C3CC3)N=C12. The van der Waals surface area contributed by atoms with Crippen molar-refractivity contribution in [1.29, 1.82) is 0 Å². The van der Waals surface area contributed by atoms with Crippen LogP contribution in [-0.4, -0.2) is 33.3 Å². The molecular weight excluding hydrogens is 342 g/mol. The van der Waals surface area contributed by atoms with E-state index in [1.54, 1.807) is 11.2 Å². The summed E-state index contributed by atoms with van der Waals surface area (Å²) >= 11 is 0. The summed E-state index contributed by atoms with van der Waals surface area (Å²) in [5, 5.41) is 16.1. The summed E-state index contributed by atoms with van der Waals surface area (Å²) < 4.78 is 0. The molecule has 4 rings (SSSR count). The predicted molar refractivity (Wildman–Crippen MR) is 102 cm³/mol. The van der Waals surface area contributed by atoms with Gasteiger partial charge in [0.2, 0.25) is 5.91 Å². The van der Waals surface area contributed by atoms with Crippen LogP contribution in [0.3, 0.4) is 0 Å². The zero-order valence-corrected chi connectivity index (χ0v) is 15.2. The van der Waals surface area contributed by atoms with Gasteiger partial charge in [-0.1, -0.05) is 30.3 Å². The highest BCUT2D eigenvalue weighted by Gasteiger charge is 2.34. The van der Waals surface area contributed by atoms with Crippen molar-refractivity contribution in [2.24, 2.45) is 10.9 Å². The van der Waals surface area contributed by atoms with E-state index in [9.17, 15) is 10.0 Å². The van der Waals surface area contributed by atoms with Crippen molar-refractivity contribution in [2.75, 3.05) is 0 Å². The molecule has 1 unspecified atom stereocenters. The third-order valence-corrected chi connectivity index (χ3v) is 4.66. The molecule has 2 heterocycles. The molecule has 1 aromatic carbocycles. The van der Waals surface area contributed by atoms with Crippen molar-refractivity contribution < 1.29 is 10.0 Å². The lowest BCUT2D eigenvalue weighted by atomic mass is 10.1. The van der Waals surface area contributed by atoms with Gasteiger partial charge in [0, 0.05) is 23.9 Å². The van der Waals surface area contributed by atoms with Crippen LogP contribution in [0.25, 0.3) is 0 Å². The Bertz CT molecular complexity index is 839. The van der Waals surface area contributed by atoms with E-state index in [1.807, 2.05) is 55.6 Å². The molecule has 0 saturated heterocycles. The number of benzene rings is 1. The van der Waals surface area contributed by atoms with Gasteiger partial charge in [0.15, 0.2) is 12.1 Å². The van der Waals surface area contributed by atoms with Crippen LogP contribution in [0.2, 0.25) is 0 Å². The van der Waals surface area contributed by atoms with Gasteiger partial charge in [-0.2, -0.15) is 5.43 Å². The molecule has 0 spiro atoms. The normalized spacial score (nSPS) is 21.5. The van der Waals surface area contributed by atoms with E-state index in [0.717, 1.165) is 35.4 Å². The summed E-state index contributed by atoms with van der Waals surface area (Å²) in [5.41, 5.74) is 5.93. The number of nitrogens with zero attached hydrogens (tertiary/aromatic N) is 3. The van der Waals surface area contributed by atoms with Crippen molar-refractivity contribution in [1.82, 2.24) is 20.8 Å². The molecule has 27 heavy (non-hydrogen) atoms. The Hall–Kier alpha value is -2.90. The Morgan fingerprint density at radius 3 is 2.93 bits per heavy atom. The largest absolute Gasteiger partial charge is 0.320 e. The van der Waals surface area contributed by atoms with Crippen LogP contribution in [0.1, 0.15) is 25.3 Å². The van der Waals surface area contributed by atoms with Crippen LogP contribution in [-0.2, 0) is 11.3 Å². The number of hydrazine groups is 1. The fourth-order valence-corrected chi connectivity index (χ4v) is 3.10. The van der Waals surface area contributed by atoms with E-state index in [0.29, 0.717) is 6.54 Å². The molecule has 2 aliphatic heterocycles. The molecule has 0 bridgehead atoms. The number of allylic oxidation sites excluding steroid dienone is 2. The van der Waals surface area contributed by atoms with E-state index in [-0.39, 0.29) is 11.8 Å². The quantitative estimate of drug-likeness (QED) is 0.674. The fourth-order valence-electron chi connectivity index (χ4n) is 3.10. The van der Waals surface area contributed by atoms with Crippen molar-refractivity contribution in [3.05, 3.63) is 71.6 Å². The van der Waals surface area contributed by atoms with Gasteiger partial charge < -0.3 is 5.32 Å². The van der Waals surface area contributed by atoms with Crippen LogP contribution in [0.5, 0.6) is 0 Å². The lowest BCUT2D eigenvalue weighted by molar-refractivity contribution is -0.123. The molecule has 0 radical (unpaired) electrons. The molecule has 3 aliphatic rings. The van der Waals surface area contributed by atoms with E-state index in [2.05, 4.69) is 15.7 Å². The van der Waals surface area contributed by atoms with Gasteiger partial charge in [-0.05, 0) is 43.1 Å². The molecule has 7 nitrogen and oxygen atoms in total. The van der Waals surface area contributed by atoms with Gasteiger partial charge in [0.25, 0.3) is 0 Å². The number of carbonyl (C=O) groups is 1. The molecule has 140 valence electrons. The first-order valence-electron chi connectivity index (χ1n) is 9.11. The molecule has 1 fully saturated rings. The molecule has 0 aromatic heterocycles. The summed E-state index contributed by atoms with van der Waals surface area (Å²) in [6.45, 7) is 2.33. The van der Waals surface area contributed by atoms with E-state index in [1.165, 1.54) is 5.06 Å². The minimum Gasteiger partial charge on any atom is -0.320 e. The van der Waals surface area contributed by atoms with Crippen LogP contribution < -0.4 is 10.7 Å².